The zero-order valence-corrected chi connectivity index (χ0v) is 22.5. The minimum Gasteiger partial charge on any atom is -0.507 e. The van der Waals surface area contributed by atoms with Gasteiger partial charge in [-0.15, -0.1) is 0 Å². The van der Waals surface area contributed by atoms with Crippen molar-refractivity contribution < 1.29 is 10.2 Å². The molecule has 4 nitrogen and oxygen atoms in total. The van der Waals surface area contributed by atoms with Crippen LogP contribution in [0.25, 0.3) is 0 Å². The number of aromatic hydroxyl groups is 2. The molecule has 0 saturated heterocycles. The summed E-state index contributed by atoms with van der Waals surface area (Å²) in [6, 6.07) is 12.0. The molecule has 1 aliphatic rings. The van der Waals surface area contributed by atoms with E-state index in [1.54, 1.807) is 12.1 Å². The Hall–Kier alpha value is -2.62. The Morgan fingerprint density at radius 3 is 1.53 bits per heavy atom. The Bertz CT molecular complexity index is 903. The predicted octanol–water partition coefficient (Wildman–Crippen LogP) is 8.19. The summed E-state index contributed by atoms with van der Waals surface area (Å²) in [7, 11) is 0. The minimum absolute atomic E-state index is 0.0991. The van der Waals surface area contributed by atoms with Gasteiger partial charge in [0.1, 0.15) is 11.5 Å². The fourth-order valence-electron chi connectivity index (χ4n) is 5.03. The molecule has 3 rings (SSSR count). The van der Waals surface area contributed by atoms with Gasteiger partial charge in [0, 0.05) is 23.6 Å². The summed E-state index contributed by atoms with van der Waals surface area (Å²) in [4.78, 5) is 9.79. The number of phenolic OH excluding ortho intramolecular Hbond substituents is 2. The van der Waals surface area contributed by atoms with Crippen LogP contribution in [0.5, 0.6) is 11.5 Å². The van der Waals surface area contributed by atoms with E-state index in [2.05, 4.69) is 26.0 Å². The lowest BCUT2D eigenvalue weighted by Gasteiger charge is -2.25. The van der Waals surface area contributed by atoms with E-state index in [-0.39, 0.29) is 23.6 Å². The zero-order chi connectivity index (χ0) is 25.6. The molecule has 0 unspecified atom stereocenters. The average Bonchev–Trinajstić information content (AvgIpc) is 2.90. The molecule has 1 saturated carbocycles. The SMILES string of the molecule is CCCCCCc1ccc(O)c(C=N[C@H]2CCCC[C@@H]2N=Cc2cc(CCCCCC)ccc2O)c1. The molecular formula is C32H46N2O2. The van der Waals surface area contributed by atoms with Crippen molar-refractivity contribution in [2.75, 3.05) is 0 Å². The third kappa shape index (κ3) is 9.11. The van der Waals surface area contributed by atoms with Gasteiger partial charge in [-0.1, -0.05) is 77.3 Å². The van der Waals surface area contributed by atoms with Crippen LogP contribution >= 0.6 is 0 Å². The van der Waals surface area contributed by atoms with E-state index in [0.717, 1.165) is 49.7 Å². The number of hydrogen-bond acceptors (Lipinski definition) is 4. The quantitative estimate of drug-likeness (QED) is 0.207. The number of unbranched alkanes of at least 4 members (excludes halogenated alkanes) is 6. The first-order valence-electron chi connectivity index (χ1n) is 14.3. The Morgan fingerprint density at radius 2 is 1.11 bits per heavy atom. The maximum atomic E-state index is 10.4. The topological polar surface area (TPSA) is 65.2 Å². The Morgan fingerprint density at radius 1 is 0.667 bits per heavy atom. The third-order valence-electron chi connectivity index (χ3n) is 7.33. The van der Waals surface area contributed by atoms with Crippen LogP contribution in [0.15, 0.2) is 46.4 Å². The number of aryl methyl sites for hydroxylation is 2. The molecule has 1 fully saturated rings. The molecule has 0 heterocycles. The highest BCUT2D eigenvalue weighted by Crippen LogP contribution is 2.26. The molecule has 36 heavy (non-hydrogen) atoms. The van der Waals surface area contributed by atoms with E-state index in [1.807, 2.05) is 24.6 Å². The first kappa shape index (κ1) is 28.0. The highest BCUT2D eigenvalue weighted by molar-refractivity contribution is 5.84. The Labute approximate surface area is 218 Å². The number of phenols is 2. The van der Waals surface area contributed by atoms with Crippen molar-refractivity contribution >= 4 is 12.4 Å². The summed E-state index contributed by atoms with van der Waals surface area (Å²) in [5, 5.41) is 20.8. The zero-order valence-electron chi connectivity index (χ0n) is 22.5. The van der Waals surface area contributed by atoms with Crippen molar-refractivity contribution in [2.24, 2.45) is 9.98 Å². The normalized spacial score (nSPS) is 18.4. The maximum Gasteiger partial charge on any atom is 0.124 e. The van der Waals surface area contributed by atoms with Gasteiger partial charge in [0.2, 0.25) is 0 Å². The number of benzene rings is 2. The van der Waals surface area contributed by atoms with Gasteiger partial charge in [-0.2, -0.15) is 0 Å². The van der Waals surface area contributed by atoms with Crippen LogP contribution in [-0.4, -0.2) is 34.7 Å². The second kappa shape index (κ2) is 15.5. The molecule has 0 spiro atoms. The highest BCUT2D eigenvalue weighted by Gasteiger charge is 2.23. The lowest BCUT2D eigenvalue weighted by atomic mass is 9.91. The molecule has 0 aliphatic heterocycles. The standard InChI is InChI=1S/C32H46N2O2/c1-3-5-7-9-13-25-17-19-31(35)27(21-25)23-33-29-15-11-12-16-30(29)34-24-28-22-26(18-20-32(28)36)14-10-8-6-4-2/h17-24,29-30,35-36H,3-16H2,1-2H3/t29-,30-/m0/s1. The van der Waals surface area contributed by atoms with E-state index in [1.165, 1.54) is 62.5 Å². The second-order valence-electron chi connectivity index (χ2n) is 10.4. The van der Waals surface area contributed by atoms with Gasteiger partial charge in [-0.25, -0.2) is 0 Å². The van der Waals surface area contributed by atoms with Crippen LogP contribution in [-0.2, 0) is 12.8 Å². The van der Waals surface area contributed by atoms with E-state index in [9.17, 15) is 10.2 Å². The molecule has 1 aliphatic carbocycles. The van der Waals surface area contributed by atoms with Crippen LogP contribution in [0.1, 0.15) is 113 Å². The Balaban J connectivity index is 1.65. The fraction of sp³-hybridized carbons (Fsp3) is 0.562. The summed E-state index contributed by atoms with van der Waals surface area (Å²) >= 11 is 0. The second-order valence-corrected chi connectivity index (χ2v) is 10.4. The Kier molecular flexibility index (Phi) is 12.0. The van der Waals surface area contributed by atoms with E-state index >= 15 is 0 Å². The van der Waals surface area contributed by atoms with Crippen LogP contribution in [0.3, 0.4) is 0 Å². The van der Waals surface area contributed by atoms with Gasteiger partial charge < -0.3 is 10.2 Å². The fourth-order valence-corrected chi connectivity index (χ4v) is 5.03. The van der Waals surface area contributed by atoms with Gasteiger partial charge in [-0.05, 0) is 73.9 Å². The van der Waals surface area contributed by atoms with Crippen molar-refractivity contribution in [3.05, 3.63) is 58.7 Å². The summed E-state index contributed by atoms with van der Waals surface area (Å²) < 4.78 is 0. The van der Waals surface area contributed by atoms with Crippen molar-refractivity contribution in [3.8, 4) is 11.5 Å². The van der Waals surface area contributed by atoms with Gasteiger partial charge >= 0.3 is 0 Å². The molecule has 2 N–H and O–H groups in total. The smallest absolute Gasteiger partial charge is 0.124 e. The monoisotopic (exact) mass is 490 g/mol. The highest BCUT2D eigenvalue weighted by atomic mass is 16.3. The summed E-state index contributed by atoms with van der Waals surface area (Å²) in [5.41, 5.74) is 4.11. The van der Waals surface area contributed by atoms with Crippen molar-refractivity contribution in [3.63, 3.8) is 0 Å². The van der Waals surface area contributed by atoms with Gasteiger partial charge in [0.05, 0.1) is 12.1 Å². The summed E-state index contributed by atoms with van der Waals surface area (Å²) in [5.74, 6) is 0.570. The van der Waals surface area contributed by atoms with Crippen LogP contribution in [0.2, 0.25) is 0 Å². The molecule has 2 aromatic rings. The van der Waals surface area contributed by atoms with Crippen LogP contribution in [0.4, 0.5) is 0 Å². The largest absolute Gasteiger partial charge is 0.507 e. The molecule has 2 aromatic carbocycles. The number of rotatable bonds is 14. The van der Waals surface area contributed by atoms with E-state index < -0.39 is 0 Å². The number of hydrogen-bond donors (Lipinski definition) is 2. The van der Waals surface area contributed by atoms with Gasteiger partial charge in [0.25, 0.3) is 0 Å². The van der Waals surface area contributed by atoms with Crippen molar-refractivity contribution in [1.82, 2.24) is 0 Å². The minimum atomic E-state index is 0.0991. The molecule has 2 atom stereocenters. The summed E-state index contributed by atoms with van der Waals surface area (Å²) in [6.45, 7) is 4.46. The van der Waals surface area contributed by atoms with E-state index in [0.29, 0.717) is 0 Å². The van der Waals surface area contributed by atoms with Crippen molar-refractivity contribution in [1.29, 1.82) is 0 Å². The first-order chi connectivity index (χ1) is 17.6. The van der Waals surface area contributed by atoms with E-state index in [4.69, 9.17) is 9.98 Å². The lowest BCUT2D eigenvalue weighted by Crippen LogP contribution is -2.27. The number of nitrogens with zero attached hydrogens (tertiary/aromatic N) is 2. The van der Waals surface area contributed by atoms with Gasteiger partial charge in [0.15, 0.2) is 0 Å². The van der Waals surface area contributed by atoms with Crippen LogP contribution < -0.4 is 0 Å². The van der Waals surface area contributed by atoms with Gasteiger partial charge in [-0.3, -0.25) is 9.98 Å². The average molecular weight is 491 g/mol. The predicted molar refractivity (Wildman–Crippen MR) is 153 cm³/mol. The number of aliphatic imine (C=N–C) groups is 2. The molecule has 0 amide bonds. The first-order valence-corrected chi connectivity index (χ1v) is 14.3. The lowest BCUT2D eigenvalue weighted by molar-refractivity contribution is 0.390. The molecule has 0 bridgehead atoms. The molecule has 196 valence electrons. The summed E-state index contributed by atoms with van der Waals surface area (Å²) in [6.07, 6.45) is 20.0. The van der Waals surface area contributed by atoms with Crippen molar-refractivity contribution in [2.45, 2.75) is 116 Å². The third-order valence-corrected chi connectivity index (χ3v) is 7.33. The molecule has 4 heteroatoms. The molecule has 0 aromatic heterocycles. The van der Waals surface area contributed by atoms with Crippen LogP contribution in [0, 0.1) is 0 Å². The maximum absolute atomic E-state index is 10.4. The molecular weight excluding hydrogens is 444 g/mol. The molecule has 0 radical (unpaired) electrons.